The zero-order valence-corrected chi connectivity index (χ0v) is 19.7. The SMILES string of the molecule is CC(=O)OC(C(=O)N(C1CCCCC1)N1CCC(Cc2ccccc2)CC1)c1ccccc1. The van der Waals surface area contributed by atoms with Crippen molar-refractivity contribution < 1.29 is 14.3 Å². The molecule has 0 bridgehead atoms. The zero-order chi connectivity index (χ0) is 23.0. The van der Waals surface area contributed by atoms with Crippen LogP contribution >= 0.6 is 0 Å². The molecule has 5 nitrogen and oxygen atoms in total. The summed E-state index contributed by atoms with van der Waals surface area (Å²) in [6.45, 7) is 3.10. The Labute approximate surface area is 197 Å². The summed E-state index contributed by atoms with van der Waals surface area (Å²) in [5.74, 6) is 0.0949. The number of nitrogens with zero attached hydrogens (tertiary/aromatic N) is 2. The van der Waals surface area contributed by atoms with Gasteiger partial charge in [0.1, 0.15) is 0 Å². The first-order valence-electron chi connectivity index (χ1n) is 12.5. The number of hydrogen-bond acceptors (Lipinski definition) is 4. The van der Waals surface area contributed by atoms with E-state index < -0.39 is 12.1 Å². The number of carbonyl (C=O) groups is 2. The van der Waals surface area contributed by atoms with Crippen LogP contribution in [0.2, 0.25) is 0 Å². The van der Waals surface area contributed by atoms with Crippen molar-refractivity contribution in [2.75, 3.05) is 13.1 Å². The minimum Gasteiger partial charge on any atom is -0.447 e. The average molecular weight is 449 g/mol. The molecule has 1 aliphatic heterocycles. The smallest absolute Gasteiger partial charge is 0.303 e. The van der Waals surface area contributed by atoms with Crippen molar-refractivity contribution in [3.05, 3.63) is 71.8 Å². The molecule has 1 heterocycles. The highest BCUT2D eigenvalue weighted by atomic mass is 16.5. The van der Waals surface area contributed by atoms with Crippen LogP contribution in [0.25, 0.3) is 0 Å². The normalized spacial score (nSPS) is 19.1. The number of piperidine rings is 1. The molecule has 33 heavy (non-hydrogen) atoms. The van der Waals surface area contributed by atoms with Crippen molar-refractivity contribution in [3.8, 4) is 0 Å². The topological polar surface area (TPSA) is 49.9 Å². The Hall–Kier alpha value is -2.66. The quantitative estimate of drug-likeness (QED) is 0.538. The minimum atomic E-state index is -0.896. The van der Waals surface area contributed by atoms with Crippen molar-refractivity contribution in [1.29, 1.82) is 0 Å². The molecule has 5 heteroatoms. The second-order valence-corrected chi connectivity index (χ2v) is 9.46. The molecule has 1 atom stereocenters. The number of rotatable bonds is 7. The van der Waals surface area contributed by atoms with Crippen LogP contribution in [0, 0.1) is 5.92 Å². The number of amides is 1. The number of carbonyl (C=O) groups excluding carboxylic acids is 2. The van der Waals surface area contributed by atoms with Crippen LogP contribution in [-0.4, -0.2) is 41.0 Å². The first-order valence-corrected chi connectivity index (χ1v) is 12.5. The molecular weight excluding hydrogens is 412 g/mol. The van der Waals surface area contributed by atoms with E-state index in [1.807, 2.05) is 35.3 Å². The highest BCUT2D eigenvalue weighted by molar-refractivity contribution is 5.84. The maximum Gasteiger partial charge on any atom is 0.303 e. The summed E-state index contributed by atoms with van der Waals surface area (Å²) in [4.78, 5) is 25.9. The molecule has 4 rings (SSSR count). The molecule has 0 aromatic heterocycles. The van der Waals surface area contributed by atoms with E-state index >= 15 is 0 Å². The third kappa shape index (κ3) is 6.23. The fraction of sp³-hybridized carbons (Fsp3) is 0.500. The van der Waals surface area contributed by atoms with Crippen molar-refractivity contribution in [3.63, 3.8) is 0 Å². The van der Waals surface area contributed by atoms with Crippen LogP contribution in [0.1, 0.15) is 69.1 Å². The Kier molecular flexibility index (Phi) is 8.16. The molecule has 2 aromatic carbocycles. The second kappa shape index (κ2) is 11.5. The van der Waals surface area contributed by atoms with Crippen molar-refractivity contribution >= 4 is 11.9 Å². The molecule has 1 unspecified atom stereocenters. The molecule has 2 aliphatic rings. The van der Waals surface area contributed by atoms with Gasteiger partial charge in [0.25, 0.3) is 5.91 Å². The van der Waals surface area contributed by atoms with Gasteiger partial charge < -0.3 is 4.74 Å². The van der Waals surface area contributed by atoms with Gasteiger partial charge in [-0.25, -0.2) is 5.01 Å². The molecule has 1 amide bonds. The van der Waals surface area contributed by atoms with Gasteiger partial charge in [-0.05, 0) is 43.6 Å². The van der Waals surface area contributed by atoms with E-state index in [-0.39, 0.29) is 11.9 Å². The Bertz CT molecular complexity index is 888. The van der Waals surface area contributed by atoms with Crippen molar-refractivity contribution in [2.45, 2.75) is 70.4 Å². The van der Waals surface area contributed by atoms with E-state index in [0.29, 0.717) is 5.92 Å². The number of hydrogen-bond donors (Lipinski definition) is 0. The highest BCUT2D eigenvalue weighted by Crippen LogP contribution is 2.31. The molecule has 2 fully saturated rings. The Morgan fingerprint density at radius 1 is 0.909 bits per heavy atom. The summed E-state index contributed by atoms with van der Waals surface area (Å²) < 4.78 is 5.60. The van der Waals surface area contributed by atoms with Gasteiger partial charge >= 0.3 is 5.97 Å². The standard InChI is InChI=1S/C28H36N2O3/c1-22(31)33-27(25-13-7-3-8-14-25)28(32)30(26-15-9-4-10-16-26)29-19-17-24(18-20-29)21-23-11-5-2-6-12-23/h2-3,5-8,11-14,24,26-27H,4,9-10,15-21H2,1H3. The van der Waals surface area contributed by atoms with Crippen LogP contribution in [0.4, 0.5) is 0 Å². The first-order chi connectivity index (χ1) is 16.1. The number of esters is 1. The fourth-order valence-electron chi connectivity index (χ4n) is 5.34. The van der Waals surface area contributed by atoms with Gasteiger partial charge in [-0.15, -0.1) is 0 Å². The van der Waals surface area contributed by atoms with Gasteiger partial charge in [-0.1, -0.05) is 79.9 Å². The lowest BCUT2D eigenvalue weighted by Crippen LogP contribution is -2.56. The number of benzene rings is 2. The van der Waals surface area contributed by atoms with Gasteiger partial charge in [0.2, 0.25) is 6.10 Å². The van der Waals surface area contributed by atoms with Crippen molar-refractivity contribution in [2.24, 2.45) is 5.92 Å². The van der Waals surface area contributed by atoms with Gasteiger partial charge in [0.15, 0.2) is 0 Å². The summed E-state index contributed by atoms with van der Waals surface area (Å²) in [7, 11) is 0. The van der Waals surface area contributed by atoms with Gasteiger partial charge in [-0.2, -0.15) is 0 Å². The average Bonchev–Trinajstić information content (AvgIpc) is 2.85. The molecule has 0 N–H and O–H groups in total. The minimum absolute atomic E-state index is 0.107. The largest absolute Gasteiger partial charge is 0.447 e. The van der Waals surface area contributed by atoms with Crippen LogP contribution in [0.15, 0.2) is 60.7 Å². The lowest BCUT2D eigenvalue weighted by atomic mass is 9.90. The Morgan fingerprint density at radius 2 is 1.52 bits per heavy atom. The predicted octanol–water partition coefficient (Wildman–Crippen LogP) is 5.32. The number of ether oxygens (including phenoxy) is 1. The molecular formula is C28H36N2O3. The lowest BCUT2D eigenvalue weighted by Gasteiger charge is -2.45. The first kappa shape index (κ1) is 23.5. The van der Waals surface area contributed by atoms with Gasteiger partial charge in [0.05, 0.1) is 0 Å². The highest BCUT2D eigenvalue weighted by Gasteiger charge is 2.38. The van der Waals surface area contributed by atoms with Crippen LogP contribution < -0.4 is 0 Å². The molecule has 1 saturated heterocycles. The maximum absolute atomic E-state index is 14.0. The molecule has 1 aliphatic carbocycles. The Balaban J connectivity index is 1.51. The molecule has 0 radical (unpaired) electrons. The van der Waals surface area contributed by atoms with Gasteiger partial charge in [0, 0.05) is 31.6 Å². The van der Waals surface area contributed by atoms with Gasteiger partial charge in [-0.3, -0.25) is 14.6 Å². The summed E-state index contributed by atoms with van der Waals surface area (Å²) in [6.07, 6.45) is 7.85. The van der Waals surface area contributed by atoms with E-state index in [1.165, 1.54) is 18.9 Å². The summed E-state index contributed by atoms with van der Waals surface area (Å²) in [6, 6.07) is 20.3. The monoisotopic (exact) mass is 448 g/mol. The maximum atomic E-state index is 14.0. The third-order valence-corrected chi connectivity index (χ3v) is 7.02. The van der Waals surface area contributed by atoms with Crippen LogP contribution in [-0.2, 0) is 20.7 Å². The van der Waals surface area contributed by atoms with E-state index in [0.717, 1.165) is 63.6 Å². The van der Waals surface area contributed by atoms with Crippen molar-refractivity contribution in [1.82, 2.24) is 10.0 Å². The van der Waals surface area contributed by atoms with E-state index in [9.17, 15) is 9.59 Å². The molecule has 1 saturated carbocycles. The second-order valence-electron chi connectivity index (χ2n) is 9.46. The van der Waals surface area contributed by atoms with E-state index in [2.05, 4.69) is 35.3 Å². The predicted molar refractivity (Wildman–Crippen MR) is 129 cm³/mol. The molecule has 0 spiro atoms. The molecule has 176 valence electrons. The summed E-state index contributed by atoms with van der Waals surface area (Å²) >= 11 is 0. The zero-order valence-electron chi connectivity index (χ0n) is 19.7. The van der Waals surface area contributed by atoms with Crippen LogP contribution in [0.3, 0.4) is 0 Å². The Morgan fingerprint density at radius 3 is 2.12 bits per heavy atom. The van der Waals surface area contributed by atoms with E-state index in [4.69, 9.17) is 4.74 Å². The lowest BCUT2D eigenvalue weighted by molar-refractivity contribution is -0.178. The summed E-state index contributed by atoms with van der Waals surface area (Å²) in [5, 5.41) is 4.23. The van der Waals surface area contributed by atoms with Crippen LogP contribution in [0.5, 0.6) is 0 Å². The number of hydrazine groups is 1. The molecule has 2 aromatic rings. The third-order valence-electron chi connectivity index (χ3n) is 7.02. The van der Waals surface area contributed by atoms with E-state index in [1.54, 1.807) is 0 Å². The summed E-state index contributed by atoms with van der Waals surface area (Å²) in [5.41, 5.74) is 2.12. The fourth-order valence-corrected chi connectivity index (χ4v) is 5.34.